The zero-order valence-corrected chi connectivity index (χ0v) is 27.4. The Morgan fingerprint density at radius 1 is 0.596 bits per heavy atom. The number of hydrogen-bond acceptors (Lipinski definition) is 10. The Labute approximate surface area is 281 Å². The molecular weight excluding hydrogens is 639 g/mol. The molecule has 2 aliphatic rings. The lowest BCUT2D eigenvalue weighted by atomic mass is 10.1. The van der Waals surface area contributed by atoms with Gasteiger partial charge in [0.1, 0.15) is 24.3 Å². The van der Waals surface area contributed by atoms with Crippen LogP contribution < -0.4 is 24.0 Å². The summed E-state index contributed by atoms with van der Waals surface area (Å²) in [6, 6.07) is 19.0. The number of rotatable bonds is 5. The quantitative estimate of drug-likeness (QED) is 0.196. The van der Waals surface area contributed by atoms with Crippen LogP contribution in [0.1, 0.15) is 11.1 Å². The fourth-order valence-electron chi connectivity index (χ4n) is 6.17. The van der Waals surface area contributed by atoms with Crippen LogP contribution in [0.5, 0.6) is 23.0 Å². The summed E-state index contributed by atoms with van der Waals surface area (Å²) in [5, 5.41) is 13.1. The molecule has 10 nitrogen and oxygen atoms in total. The van der Waals surface area contributed by atoms with Crippen molar-refractivity contribution in [1.29, 1.82) is 0 Å². The minimum absolute atomic E-state index is 0.0644. The summed E-state index contributed by atoms with van der Waals surface area (Å²) in [7, 11) is 4.76. The number of benzene rings is 4. The van der Waals surface area contributed by atoms with Crippen molar-refractivity contribution in [1.82, 2.24) is 19.9 Å². The molecule has 1 N–H and O–H groups in total. The summed E-state index contributed by atoms with van der Waals surface area (Å²) < 4.78 is 16.0. The van der Waals surface area contributed by atoms with Gasteiger partial charge < -0.3 is 29.1 Å². The topological polar surface area (TPSA) is 106 Å². The fraction of sp³-hybridized carbons (Fsp3) is 0.200. The summed E-state index contributed by atoms with van der Waals surface area (Å²) in [4.78, 5) is 21.9. The molecule has 0 amide bonds. The lowest BCUT2D eigenvalue weighted by Gasteiger charge is -2.20. The van der Waals surface area contributed by atoms with Crippen LogP contribution in [0, 0.1) is 0 Å². The Kier molecular flexibility index (Phi) is 8.21. The van der Waals surface area contributed by atoms with Gasteiger partial charge in [0.15, 0.2) is 23.0 Å². The van der Waals surface area contributed by atoms with Crippen molar-refractivity contribution < 1.29 is 19.3 Å². The minimum atomic E-state index is 0.0644. The van der Waals surface area contributed by atoms with Crippen LogP contribution in [-0.2, 0) is 12.8 Å². The molecule has 0 aliphatic carbocycles. The van der Waals surface area contributed by atoms with Gasteiger partial charge in [-0.2, -0.15) is 0 Å². The zero-order valence-electron chi connectivity index (χ0n) is 25.9. The van der Waals surface area contributed by atoms with Crippen molar-refractivity contribution in [3.05, 3.63) is 94.5 Å². The highest BCUT2D eigenvalue weighted by molar-refractivity contribution is 6.31. The molecule has 0 radical (unpaired) electrons. The molecule has 238 valence electrons. The highest BCUT2D eigenvalue weighted by Crippen LogP contribution is 2.42. The third-order valence-electron chi connectivity index (χ3n) is 8.43. The molecule has 12 heteroatoms. The number of nitrogens with zero attached hydrogens (tertiary/aromatic N) is 6. The average molecular weight is 670 g/mol. The van der Waals surface area contributed by atoms with E-state index in [1.807, 2.05) is 42.5 Å². The SMILES string of the molecule is COc1cc2c(N3CCc4ccc(Cl)cc43)ncnc2cc1O.COc1cc2ncnc(N3CCc4ccc(Cl)cc43)c2cc1OC. The molecule has 0 saturated carbocycles. The number of hydrogen-bond donors (Lipinski definition) is 1. The van der Waals surface area contributed by atoms with Crippen LogP contribution in [0.15, 0.2) is 73.3 Å². The second-order valence-electron chi connectivity index (χ2n) is 11.0. The largest absolute Gasteiger partial charge is 0.504 e. The van der Waals surface area contributed by atoms with Gasteiger partial charge in [-0.25, -0.2) is 19.9 Å². The van der Waals surface area contributed by atoms with Gasteiger partial charge >= 0.3 is 0 Å². The normalized spacial score (nSPS) is 13.3. The smallest absolute Gasteiger partial charge is 0.162 e. The van der Waals surface area contributed by atoms with Crippen molar-refractivity contribution >= 4 is 68.0 Å². The molecule has 0 spiro atoms. The lowest BCUT2D eigenvalue weighted by Crippen LogP contribution is -2.15. The predicted octanol–water partition coefficient (Wildman–Crippen LogP) is 7.69. The maximum Gasteiger partial charge on any atom is 0.162 e. The number of fused-ring (bicyclic) bond motifs is 4. The molecule has 8 rings (SSSR count). The summed E-state index contributed by atoms with van der Waals surface area (Å²) in [6.07, 6.45) is 4.98. The Bertz CT molecular complexity index is 2150. The van der Waals surface area contributed by atoms with Crippen LogP contribution in [-0.4, -0.2) is 59.5 Å². The lowest BCUT2D eigenvalue weighted by molar-refractivity contribution is 0.356. The van der Waals surface area contributed by atoms with Gasteiger partial charge in [0.05, 0.1) is 32.4 Å². The summed E-state index contributed by atoms with van der Waals surface area (Å²) in [5.74, 6) is 3.41. The Hall–Kier alpha value is -5.06. The molecule has 4 heterocycles. The van der Waals surface area contributed by atoms with Gasteiger partial charge in [-0.15, -0.1) is 0 Å². The second-order valence-corrected chi connectivity index (χ2v) is 11.9. The van der Waals surface area contributed by atoms with Crippen LogP contribution in [0.4, 0.5) is 23.0 Å². The van der Waals surface area contributed by atoms with Gasteiger partial charge in [-0.1, -0.05) is 35.3 Å². The standard InChI is InChI=1S/C18H16ClN3O2.C17H14ClN3O2/c1-23-16-8-13-14(9-17(16)24-2)20-10-21-18(13)22-6-5-11-3-4-12(19)7-15(11)22;1-23-16-7-12-13(8-15(16)22)19-9-20-17(12)21-5-4-10-2-3-11(18)6-14(10)21/h3-4,7-10H,5-6H2,1-2H3;2-3,6-9,22H,4-5H2,1H3. The van der Waals surface area contributed by atoms with E-state index in [2.05, 4.69) is 35.8 Å². The van der Waals surface area contributed by atoms with E-state index in [0.717, 1.165) is 70.3 Å². The van der Waals surface area contributed by atoms with Gasteiger partial charge in [0.25, 0.3) is 0 Å². The average Bonchev–Trinajstić information content (AvgIpc) is 3.70. The van der Waals surface area contributed by atoms with E-state index in [-0.39, 0.29) is 5.75 Å². The first-order valence-electron chi connectivity index (χ1n) is 14.9. The predicted molar refractivity (Wildman–Crippen MR) is 185 cm³/mol. The summed E-state index contributed by atoms with van der Waals surface area (Å²) in [6.45, 7) is 1.68. The summed E-state index contributed by atoms with van der Waals surface area (Å²) >= 11 is 12.3. The molecule has 0 bridgehead atoms. The van der Waals surface area contributed by atoms with E-state index in [1.54, 1.807) is 32.7 Å². The summed E-state index contributed by atoms with van der Waals surface area (Å²) in [5.41, 5.74) is 6.15. The molecule has 6 aromatic rings. The van der Waals surface area contributed by atoms with Crippen LogP contribution in [0.3, 0.4) is 0 Å². The Morgan fingerprint density at radius 2 is 1.06 bits per heavy atom. The first-order chi connectivity index (χ1) is 22.9. The van der Waals surface area contributed by atoms with Crippen LogP contribution in [0.2, 0.25) is 10.0 Å². The Balaban J connectivity index is 0.000000150. The van der Waals surface area contributed by atoms with Crippen LogP contribution in [0.25, 0.3) is 21.8 Å². The molecular formula is C35H30Cl2N6O4. The third kappa shape index (κ3) is 5.64. The number of halogens is 2. The van der Waals surface area contributed by atoms with Crippen LogP contribution >= 0.6 is 23.2 Å². The molecule has 2 aromatic heterocycles. The van der Waals surface area contributed by atoms with E-state index in [4.69, 9.17) is 37.4 Å². The first-order valence-corrected chi connectivity index (χ1v) is 15.6. The number of phenols is 1. The number of phenolic OH excluding ortho intramolecular Hbond substituents is 1. The van der Waals surface area contributed by atoms with Crippen molar-refractivity contribution in [3.8, 4) is 23.0 Å². The molecule has 2 aliphatic heterocycles. The van der Waals surface area contributed by atoms with E-state index in [1.165, 1.54) is 24.6 Å². The van der Waals surface area contributed by atoms with Crippen molar-refractivity contribution in [2.45, 2.75) is 12.8 Å². The second kappa shape index (κ2) is 12.6. The maximum absolute atomic E-state index is 9.94. The number of ether oxygens (including phenoxy) is 3. The fourth-order valence-corrected chi connectivity index (χ4v) is 6.50. The van der Waals surface area contributed by atoms with E-state index in [9.17, 15) is 5.11 Å². The highest BCUT2D eigenvalue weighted by Gasteiger charge is 2.25. The maximum atomic E-state index is 9.94. The number of anilines is 4. The van der Waals surface area contributed by atoms with Gasteiger partial charge in [-0.05, 0) is 60.4 Å². The van der Waals surface area contributed by atoms with Gasteiger partial charge in [0, 0.05) is 57.4 Å². The molecule has 0 fully saturated rings. The third-order valence-corrected chi connectivity index (χ3v) is 8.90. The number of aromatic hydroxyl groups is 1. The number of methoxy groups -OCH3 is 3. The van der Waals surface area contributed by atoms with Gasteiger partial charge in [0.2, 0.25) is 0 Å². The molecule has 4 aromatic carbocycles. The number of aromatic nitrogens is 4. The zero-order chi connectivity index (χ0) is 32.7. The molecule has 0 atom stereocenters. The van der Waals surface area contributed by atoms with E-state index < -0.39 is 0 Å². The molecule has 47 heavy (non-hydrogen) atoms. The van der Waals surface area contributed by atoms with Crippen molar-refractivity contribution in [3.63, 3.8) is 0 Å². The highest BCUT2D eigenvalue weighted by atomic mass is 35.5. The van der Waals surface area contributed by atoms with E-state index in [0.29, 0.717) is 27.8 Å². The monoisotopic (exact) mass is 668 g/mol. The Morgan fingerprint density at radius 3 is 1.57 bits per heavy atom. The molecule has 0 saturated heterocycles. The molecule has 0 unspecified atom stereocenters. The first kappa shape index (κ1) is 30.6. The minimum Gasteiger partial charge on any atom is -0.504 e. The van der Waals surface area contributed by atoms with E-state index >= 15 is 0 Å². The van der Waals surface area contributed by atoms with Crippen molar-refractivity contribution in [2.24, 2.45) is 0 Å². The van der Waals surface area contributed by atoms with Gasteiger partial charge in [-0.3, -0.25) is 0 Å². The van der Waals surface area contributed by atoms with Crippen molar-refractivity contribution in [2.75, 3.05) is 44.2 Å².